The molecule has 4 rings (SSSR count). The fourth-order valence-corrected chi connectivity index (χ4v) is 4.47. The number of carbonyl (C=O) groups is 2. The molecule has 0 saturated heterocycles. The van der Waals surface area contributed by atoms with Crippen LogP contribution in [0.25, 0.3) is 11.1 Å². The van der Waals surface area contributed by atoms with Crippen molar-refractivity contribution in [1.82, 2.24) is 20.6 Å². The Balaban J connectivity index is 1.46. The van der Waals surface area contributed by atoms with E-state index in [9.17, 15) is 14.9 Å². The second-order valence-electron chi connectivity index (χ2n) is 9.18. The highest BCUT2D eigenvalue weighted by Crippen LogP contribution is 2.18. The van der Waals surface area contributed by atoms with Gasteiger partial charge in [0, 0.05) is 34.4 Å². The number of carbonyl (C=O) groups excluding carboxylic acids is 2. The summed E-state index contributed by atoms with van der Waals surface area (Å²) in [4.78, 5) is 34.7. The molecule has 9 heteroatoms. The number of aromatic nitrogens is 2. The van der Waals surface area contributed by atoms with Crippen LogP contribution in [-0.4, -0.2) is 40.0 Å². The summed E-state index contributed by atoms with van der Waals surface area (Å²) >= 11 is 3.45. The molecular formula is C31H28BrN5O3. The van der Waals surface area contributed by atoms with Crippen LogP contribution in [0.3, 0.4) is 0 Å². The Labute approximate surface area is 241 Å². The minimum Gasteiger partial charge on any atom is -0.371 e. The Hall–Kier alpha value is -4.39. The van der Waals surface area contributed by atoms with Gasteiger partial charge in [-0.3, -0.25) is 9.59 Å². The third-order valence-corrected chi connectivity index (χ3v) is 6.75. The Bertz CT molecular complexity index is 1460. The van der Waals surface area contributed by atoms with Gasteiger partial charge in [-0.15, -0.1) is 0 Å². The zero-order chi connectivity index (χ0) is 28.3. The quantitative estimate of drug-likeness (QED) is 0.255. The molecule has 202 valence electrons. The summed E-state index contributed by atoms with van der Waals surface area (Å²) in [7, 11) is 0. The van der Waals surface area contributed by atoms with Gasteiger partial charge in [0.15, 0.2) is 0 Å². The molecule has 0 saturated carbocycles. The van der Waals surface area contributed by atoms with E-state index in [1.165, 1.54) is 6.33 Å². The third kappa shape index (κ3) is 8.06. The first-order chi connectivity index (χ1) is 19.4. The van der Waals surface area contributed by atoms with Gasteiger partial charge in [-0.2, -0.15) is 5.26 Å². The number of rotatable bonds is 11. The first kappa shape index (κ1) is 28.6. The van der Waals surface area contributed by atoms with Crippen LogP contribution in [0.5, 0.6) is 0 Å². The average Bonchev–Trinajstić information content (AvgIpc) is 2.99. The van der Waals surface area contributed by atoms with E-state index in [4.69, 9.17) is 4.74 Å². The number of amides is 2. The van der Waals surface area contributed by atoms with Crippen LogP contribution in [0, 0.1) is 11.3 Å². The molecule has 1 aromatic heterocycles. The largest absolute Gasteiger partial charge is 0.371 e. The number of hydrogen-bond donors (Lipinski definition) is 2. The molecule has 0 fully saturated rings. The van der Waals surface area contributed by atoms with E-state index in [-0.39, 0.29) is 6.42 Å². The number of ether oxygens (including phenoxy) is 1. The number of nitrogens with one attached hydrogen (secondary N) is 2. The highest BCUT2D eigenvalue weighted by atomic mass is 79.9. The zero-order valence-electron chi connectivity index (χ0n) is 21.8. The maximum Gasteiger partial charge on any atom is 0.251 e. The monoisotopic (exact) mass is 597 g/mol. The Morgan fingerprint density at radius 3 is 2.30 bits per heavy atom. The predicted molar refractivity (Wildman–Crippen MR) is 155 cm³/mol. The molecule has 0 spiro atoms. The van der Waals surface area contributed by atoms with Crippen LogP contribution in [0.4, 0.5) is 0 Å². The maximum absolute atomic E-state index is 13.4. The second kappa shape index (κ2) is 14.1. The number of nitriles is 1. The molecule has 0 aliphatic carbocycles. The molecule has 2 N–H and O–H groups in total. The van der Waals surface area contributed by atoms with Gasteiger partial charge in [-0.25, -0.2) is 9.97 Å². The summed E-state index contributed by atoms with van der Waals surface area (Å²) in [6.45, 7) is 2.04. The van der Waals surface area contributed by atoms with Crippen LogP contribution < -0.4 is 10.6 Å². The molecule has 0 aliphatic heterocycles. The molecule has 3 atom stereocenters. The molecule has 3 aromatic carbocycles. The number of nitrogens with zero attached hydrogens (tertiary/aromatic N) is 3. The van der Waals surface area contributed by atoms with Crippen molar-refractivity contribution >= 4 is 27.7 Å². The minimum absolute atomic E-state index is 0.230. The summed E-state index contributed by atoms with van der Waals surface area (Å²) in [5, 5.41) is 15.4. The topological polar surface area (TPSA) is 117 Å². The molecule has 0 unspecified atom stereocenters. The lowest BCUT2D eigenvalue weighted by Gasteiger charge is -2.24. The molecule has 4 aromatic rings. The summed E-state index contributed by atoms with van der Waals surface area (Å²) in [5.41, 5.74) is 3.89. The minimum atomic E-state index is -0.929. The molecule has 2 amide bonds. The number of benzene rings is 3. The summed E-state index contributed by atoms with van der Waals surface area (Å²) in [5.74, 6) is -0.888. The zero-order valence-corrected chi connectivity index (χ0v) is 23.4. The first-order valence-electron chi connectivity index (χ1n) is 12.7. The average molecular weight is 599 g/mol. The van der Waals surface area contributed by atoms with Gasteiger partial charge in [0.1, 0.15) is 18.4 Å². The lowest BCUT2D eigenvalue weighted by atomic mass is 10.0. The van der Waals surface area contributed by atoms with E-state index >= 15 is 0 Å². The molecule has 1 heterocycles. The smallest absolute Gasteiger partial charge is 0.251 e. The SMILES string of the molecule is C[C@@H](OCc1ccccc1)[C@@H](C#N)NC(=O)[C@H](Cc1cccc(Br)c1)NC(=O)c1ccc(-c2cncnc2)cc1. The van der Waals surface area contributed by atoms with Gasteiger partial charge in [0.05, 0.1) is 18.8 Å². The highest BCUT2D eigenvalue weighted by Gasteiger charge is 2.27. The van der Waals surface area contributed by atoms with Gasteiger partial charge in [-0.05, 0) is 47.9 Å². The number of halogens is 1. The molecule has 8 nitrogen and oxygen atoms in total. The Morgan fingerprint density at radius 2 is 1.62 bits per heavy atom. The lowest BCUT2D eigenvalue weighted by molar-refractivity contribution is -0.124. The van der Waals surface area contributed by atoms with Crippen molar-refractivity contribution in [2.24, 2.45) is 0 Å². The lowest BCUT2D eigenvalue weighted by Crippen LogP contribution is -2.52. The molecule has 40 heavy (non-hydrogen) atoms. The van der Waals surface area contributed by atoms with Crippen molar-refractivity contribution in [3.05, 3.63) is 119 Å². The van der Waals surface area contributed by atoms with E-state index in [2.05, 4.69) is 42.6 Å². The van der Waals surface area contributed by atoms with E-state index < -0.39 is 30.0 Å². The van der Waals surface area contributed by atoms with Gasteiger partial charge in [0.25, 0.3) is 5.91 Å². The summed E-state index contributed by atoms with van der Waals surface area (Å²) in [6.07, 6.45) is 4.49. The van der Waals surface area contributed by atoms with E-state index in [0.717, 1.165) is 26.7 Å². The molecule has 0 bridgehead atoms. The van der Waals surface area contributed by atoms with Gasteiger partial charge in [0.2, 0.25) is 5.91 Å². The van der Waals surface area contributed by atoms with E-state index in [1.807, 2.05) is 54.6 Å². The van der Waals surface area contributed by atoms with Crippen LogP contribution in [0.15, 0.2) is 102 Å². The van der Waals surface area contributed by atoms with Gasteiger partial charge < -0.3 is 15.4 Å². The van der Waals surface area contributed by atoms with Crippen molar-refractivity contribution in [3.8, 4) is 17.2 Å². The summed E-state index contributed by atoms with van der Waals surface area (Å²) in [6, 6.07) is 24.3. The summed E-state index contributed by atoms with van der Waals surface area (Å²) < 4.78 is 6.71. The van der Waals surface area contributed by atoms with Crippen LogP contribution in [0.1, 0.15) is 28.4 Å². The third-order valence-electron chi connectivity index (χ3n) is 6.25. The molecule has 0 radical (unpaired) electrons. The van der Waals surface area contributed by atoms with Gasteiger partial charge in [-0.1, -0.05) is 70.5 Å². The Morgan fingerprint density at radius 1 is 0.925 bits per heavy atom. The van der Waals surface area contributed by atoms with Crippen molar-refractivity contribution in [3.63, 3.8) is 0 Å². The Kier molecular flexibility index (Phi) is 10.1. The normalized spacial score (nSPS) is 12.9. The van der Waals surface area contributed by atoms with Crippen molar-refractivity contribution in [2.75, 3.05) is 0 Å². The second-order valence-corrected chi connectivity index (χ2v) is 10.1. The van der Waals surface area contributed by atoms with Crippen LogP contribution >= 0.6 is 15.9 Å². The van der Waals surface area contributed by atoms with E-state index in [0.29, 0.717) is 12.2 Å². The first-order valence-corrected chi connectivity index (χ1v) is 13.5. The van der Waals surface area contributed by atoms with Crippen molar-refractivity contribution < 1.29 is 14.3 Å². The standard InChI is InChI=1S/C31H28BrN5O3/c1-21(40-19-22-6-3-2-4-7-22)29(16-33)37-31(39)28(15-23-8-5-9-27(32)14-23)36-30(38)25-12-10-24(11-13-25)26-17-34-20-35-18-26/h2-14,17-18,20-21,28-29H,15,19H2,1H3,(H,36,38)(H,37,39)/t21-,28+,29-/m1/s1. The fraction of sp³-hybridized carbons (Fsp3) is 0.194. The van der Waals surface area contributed by atoms with Gasteiger partial charge >= 0.3 is 0 Å². The van der Waals surface area contributed by atoms with Crippen molar-refractivity contribution in [1.29, 1.82) is 5.26 Å². The fourth-order valence-electron chi connectivity index (χ4n) is 4.02. The van der Waals surface area contributed by atoms with Crippen molar-refractivity contribution in [2.45, 2.75) is 38.1 Å². The predicted octanol–water partition coefficient (Wildman–Crippen LogP) is 4.86. The maximum atomic E-state index is 13.4. The van der Waals surface area contributed by atoms with Crippen LogP contribution in [0.2, 0.25) is 0 Å². The van der Waals surface area contributed by atoms with E-state index in [1.54, 1.807) is 43.6 Å². The number of hydrogen-bond acceptors (Lipinski definition) is 6. The molecule has 0 aliphatic rings. The van der Waals surface area contributed by atoms with Crippen LogP contribution in [-0.2, 0) is 22.6 Å². The molecular weight excluding hydrogens is 570 g/mol. The highest BCUT2D eigenvalue weighted by molar-refractivity contribution is 9.10.